The van der Waals surface area contributed by atoms with Crippen LogP contribution in [0.5, 0.6) is 0 Å². The summed E-state index contributed by atoms with van der Waals surface area (Å²) in [5.74, 6) is -0.800. The van der Waals surface area contributed by atoms with Gasteiger partial charge in [0.15, 0.2) is 0 Å². The molecule has 1 aromatic rings. The van der Waals surface area contributed by atoms with E-state index in [-0.39, 0.29) is 30.4 Å². The highest BCUT2D eigenvalue weighted by Crippen LogP contribution is 2.26. The number of carbonyl (C=O) groups is 2. The minimum absolute atomic E-state index is 0.0370. The topological polar surface area (TPSA) is 75.6 Å². The van der Waals surface area contributed by atoms with Crippen molar-refractivity contribution < 1.29 is 19.4 Å². The SMILES string of the molecule is CC1CC(C)C(C(=O)NC(CCC(=O)O)Cc2ccccc2)O1. The van der Waals surface area contributed by atoms with Gasteiger partial charge in [-0.2, -0.15) is 0 Å². The minimum Gasteiger partial charge on any atom is -0.481 e. The largest absolute Gasteiger partial charge is 0.481 e. The third-order valence-electron chi connectivity index (χ3n) is 4.24. The highest BCUT2D eigenvalue weighted by molar-refractivity contribution is 5.81. The number of carboxylic acids is 1. The molecule has 1 amide bonds. The normalized spacial score (nSPS) is 25.0. The number of aliphatic carboxylic acids is 1. The van der Waals surface area contributed by atoms with Gasteiger partial charge in [-0.15, -0.1) is 0 Å². The Morgan fingerprint density at radius 2 is 2.00 bits per heavy atom. The lowest BCUT2D eigenvalue weighted by atomic mass is 9.99. The molecule has 4 unspecified atom stereocenters. The van der Waals surface area contributed by atoms with Gasteiger partial charge in [-0.05, 0) is 37.7 Å². The average molecular weight is 319 g/mol. The van der Waals surface area contributed by atoms with E-state index < -0.39 is 12.1 Å². The number of nitrogens with one attached hydrogen (secondary N) is 1. The summed E-state index contributed by atoms with van der Waals surface area (Å²) in [7, 11) is 0. The smallest absolute Gasteiger partial charge is 0.303 e. The second-order valence-corrected chi connectivity index (χ2v) is 6.41. The van der Waals surface area contributed by atoms with Crippen LogP contribution >= 0.6 is 0 Å². The summed E-state index contributed by atoms with van der Waals surface area (Å²) in [4.78, 5) is 23.3. The lowest BCUT2D eigenvalue weighted by Gasteiger charge is -2.22. The number of ether oxygens (including phenoxy) is 1. The Kier molecular flexibility index (Phi) is 6.16. The average Bonchev–Trinajstić information content (AvgIpc) is 2.84. The lowest BCUT2D eigenvalue weighted by molar-refractivity contribution is -0.138. The number of hydrogen-bond acceptors (Lipinski definition) is 3. The Morgan fingerprint density at radius 3 is 2.57 bits per heavy atom. The molecule has 1 fully saturated rings. The van der Waals surface area contributed by atoms with Crippen molar-refractivity contribution in [3.05, 3.63) is 35.9 Å². The molecule has 5 heteroatoms. The first-order chi connectivity index (χ1) is 11.0. The molecule has 2 N–H and O–H groups in total. The predicted octanol–water partition coefficient (Wildman–Crippen LogP) is 2.39. The molecule has 0 spiro atoms. The van der Waals surface area contributed by atoms with Crippen molar-refractivity contribution in [2.24, 2.45) is 5.92 Å². The highest BCUT2D eigenvalue weighted by Gasteiger charge is 2.35. The van der Waals surface area contributed by atoms with Crippen LogP contribution in [0.4, 0.5) is 0 Å². The molecule has 2 rings (SSSR count). The molecule has 5 nitrogen and oxygen atoms in total. The Bertz CT molecular complexity index is 531. The maximum Gasteiger partial charge on any atom is 0.303 e. The van der Waals surface area contributed by atoms with E-state index in [0.29, 0.717) is 12.8 Å². The van der Waals surface area contributed by atoms with E-state index in [1.54, 1.807) is 0 Å². The van der Waals surface area contributed by atoms with Crippen molar-refractivity contribution in [2.45, 2.75) is 57.8 Å². The van der Waals surface area contributed by atoms with Crippen molar-refractivity contribution in [1.29, 1.82) is 0 Å². The zero-order chi connectivity index (χ0) is 16.8. The molecule has 23 heavy (non-hydrogen) atoms. The Balaban J connectivity index is 1.98. The van der Waals surface area contributed by atoms with Gasteiger partial charge in [0.2, 0.25) is 5.91 Å². The van der Waals surface area contributed by atoms with Crippen molar-refractivity contribution >= 4 is 11.9 Å². The molecule has 0 aromatic heterocycles. The molecule has 0 radical (unpaired) electrons. The third-order valence-corrected chi connectivity index (χ3v) is 4.24. The summed E-state index contributed by atoms with van der Waals surface area (Å²) >= 11 is 0. The van der Waals surface area contributed by atoms with Gasteiger partial charge < -0.3 is 15.2 Å². The second-order valence-electron chi connectivity index (χ2n) is 6.41. The minimum atomic E-state index is -0.851. The van der Waals surface area contributed by atoms with Gasteiger partial charge in [0, 0.05) is 12.5 Å². The first-order valence-electron chi connectivity index (χ1n) is 8.17. The van der Waals surface area contributed by atoms with E-state index >= 15 is 0 Å². The van der Waals surface area contributed by atoms with E-state index in [9.17, 15) is 9.59 Å². The molecule has 1 heterocycles. The van der Waals surface area contributed by atoms with Gasteiger partial charge >= 0.3 is 5.97 Å². The van der Waals surface area contributed by atoms with Crippen LogP contribution in [0.2, 0.25) is 0 Å². The van der Waals surface area contributed by atoms with Crippen molar-refractivity contribution in [3.8, 4) is 0 Å². The zero-order valence-electron chi connectivity index (χ0n) is 13.7. The van der Waals surface area contributed by atoms with Gasteiger partial charge in [0.25, 0.3) is 0 Å². The van der Waals surface area contributed by atoms with Crippen molar-refractivity contribution in [3.63, 3.8) is 0 Å². The van der Waals surface area contributed by atoms with Crippen molar-refractivity contribution in [1.82, 2.24) is 5.32 Å². The Morgan fingerprint density at radius 1 is 1.30 bits per heavy atom. The van der Waals surface area contributed by atoms with Crippen LogP contribution in [0.25, 0.3) is 0 Å². The summed E-state index contributed by atoms with van der Waals surface area (Å²) < 4.78 is 5.68. The molecule has 4 atom stereocenters. The summed E-state index contributed by atoms with van der Waals surface area (Å²) in [5, 5.41) is 11.9. The van der Waals surface area contributed by atoms with Crippen molar-refractivity contribution in [2.75, 3.05) is 0 Å². The van der Waals surface area contributed by atoms with Gasteiger partial charge in [-0.25, -0.2) is 0 Å². The number of rotatable bonds is 7. The molecule has 1 aliphatic heterocycles. The highest BCUT2D eigenvalue weighted by atomic mass is 16.5. The quantitative estimate of drug-likeness (QED) is 0.809. The van der Waals surface area contributed by atoms with E-state index in [0.717, 1.165) is 12.0 Å². The van der Waals surface area contributed by atoms with Crippen LogP contribution < -0.4 is 5.32 Å². The summed E-state index contributed by atoms with van der Waals surface area (Å²) in [6.07, 6.45) is 1.59. The van der Waals surface area contributed by atoms with E-state index in [2.05, 4.69) is 5.32 Å². The van der Waals surface area contributed by atoms with Crippen LogP contribution in [0, 0.1) is 5.92 Å². The molecular formula is C18H25NO4. The fourth-order valence-electron chi connectivity index (χ4n) is 3.11. The van der Waals surface area contributed by atoms with Crippen LogP contribution in [-0.4, -0.2) is 35.2 Å². The predicted molar refractivity (Wildman–Crippen MR) is 87.1 cm³/mol. The van der Waals surface area contributed by atoms with Gasteiger partial charge in [0.1, 0.15) is 6.10 Å². The maximum atomic E-state index is 12.5. The molecule has 0 bridgehead atoms. The van der Waals surface area contributed by atoms with Crippen LogP contribution in [0.3, 0.4) is 0 Å². The first-order valence-corrected chi connectivity index (χ1v) is 8.17. The second kappa shape index (κ2) is 8.11. The van der Waals surface area contributed by atoms with Gasteiger partial charge in [0.05, 0.1) is 6.10 Å². The molecule has 1 aliphatic rings. The maximum absolute atomic E-state index is 12.5. The number of hydrogen-bond donors (Lipinski definition) is 2. The Hall–Kier alpha value is -1.88. The van der Waals surface area contributed by atoms with E-state index in [1.807, 2.05) is 44.2 Å². The number of carbonyl (C=O) groups excluding carboxylic acids is 1. The van der Waals surface area contributed by atoms with Crippen LogP contribution in [0.15, 0.2) is 30.3 Å². The number of benzene rings is 1. The molecule has 1 saturated heterocycles. The molecular weight excluding hydrogens is 294 g/mol. The van der Waals surface area contributed by atoms with Crippen LogP contribution in [-0.2, 0) is 20.7 Å². The Labute approximate surface area is 137 Å². The monoisotopic (exact) mass is 319 g/mol. The fraction of sp³-hybridized carbons (Fsp3) is 0.556. The van der Waals surface area contributed by atoms with E-state index in [1.165, 1.54) is 0 Å². The molecule has 0 aliphatic carbocycles. The molecule has 0 saturated carbocycles. The van der Waals surface area contributed by atoms with Crippen LogP contribution in [0.1, 0.15) is 38.7 Å². The van der Waals surface area contributed by atoms with Gasteiger partial charge in [-0.1, -0.05) is 37.3 Å². The van der Waals surface area contributed by atoms with E-state index in [4.69, 9.17) is 9.84 Å². The standard InChI is InChI=1S/C18H25NO4/c1-12-10-13(2)23-17(12)18(22)19-15(8-9-16(20)21)11-14-6-4-3-5-7-14/h3-7,12-13,15,17H,8-11H2,1-2H3,(H,19,22)(H,20,21). The number of carboxylic acid groups (broad SMARTS) is 1. The molecule has 1 aromatic carbocycles. The lowest BCUT2D eigenvalue weighted by Crippen LogP contribution is -2.44. The third kappa shape index (κ3) is 5.36. The number of amides is 1. The molecule has 126 valence electrons. The summed E-state index contributed by atoms with van der Waals surface area (Å²) in [5.41, 5.74) is 1.08. The first kappa shape index (κ1) is 17.5. The fourth-order valence-corrected chi connectivity index (χ4v) is 3.11. The zero-order valence-corrected chi connectivity index (χ0v) is 13.7. The summed E-state index contributed by atoms with van der Waals surface area (Å²) in [6.45, 7) is 3.98. The summed E-state index contributed by atoms with van der Waals surface area (Å²) in [6, 6.07) is 9.58. The van der Waals surface area contributed by atoms with Gasteiger partial charge in [-0.3, -0.25) is 9.59 Å².